The lowest BCUT2D eigenvalue weighted by molar-refractivity contribution is -0.148. The summed E-state index contributed by atoms with van der Waals surface area (Å²) in [5, 5.41) is 3.84. The summed E-state index contributed by atoms with van der Waals surface area (Å²) in [6.07, 6.45) is 0.0246. The predicted octanol–water partition coefficient (Wildman–Crippen LogP) is 3.96. The third-order valence-electron chi connectivity index (χ3n) is 3.38. The van der Waals surface area contributed by atoms with Crippen LogP contribution in [0.1, 0.15) is 24.1 Å². The van der Waals surface area contributed by atoms with Crippen LogP contribution in [0.15, 0.2) is 48.5 Å². The van der Waals surface area contributed by atoms with E-state index in [1.165, 1.54) is 0 Å². The molecule has 0 saturated heterocycles. The average Bonchev–Trinajstić information content (AvgIpc) is 2.55. The number of carbonyl (C=O) groups excluding carboxylic acids is 2. The first kappa shape index (κ1) is 18.3. The molecule has 1 amide bonds. The maximum absolute atomic E-state index is 11.9. The number of rotatable bonds is 6. The Balaban J connectivity index is 1.80. The van der Waals surface area contributed by atoms with E-state index >= 15 is 0 Å². The van der Waals surface area contributed by atoms with E-state index in [1.54, 1.807) is 36.4 Å². The number of hydrogen-bond acceptors (Lipinski definition) is 3. The van der Waals surface area contributed by atoms with E-state index in [2.05, 4.69) is 5.32 Å². The fourth-order valence-electron chi connectivity index (χ4n) is 2.14. The van der Waals surface area contributed by atoms with Gasteiger partial charge in [-0.3, -0.25) is 9.59 Å². The predicted molar refractivity (Wildman–Crippen MR) is 94.1 cm³/mol. The summed E-state index contributed by atoms with van der Waals surface area (Å²) in [7, 11) is 0. The molecular formula is C18H17Cl2NO3. The minimum atomic E-state index is -0.506. The molecule has 0 aliphatic carbocycles. The second kappa shape index (κ2) is 8.71. The zero-order chi connectivity index (χ0) is 17.5. The van der Waals surface area contributed by atoms with Crippen molar-refractivity contribution in [2.45, 2.75) is 19.4 Å². The molecule has 1 N–H and O–H groups in total. The van der Waals surface area contributed by atoms with E-state index in [9.17, 15) is 9.59 Å². The lowest BCUT2D eigenvalue weighted by atomic mass is 10.1. The quantitative estimate of drug-likeness (QED) is 0.788. The minimum Gasteiger partial charge on any atom is -0.455 e. The highest BCUT2D eigenvalue weighted by Gasteiger charge is 2.13. The zero-order valence-electron chi connectivity index (χ0n) is 13.1. The lowest BCUT2D eigenvalue weighted by Crippen LogP contribution is -2.31. The number of amides is 1. The van der Waals surface area contributed by atoms with Gasteiger partial charge in [0.15, 0.2) is 6.61 Å². The van der Waals surface area contributed by atoms with Crippen LogP contribution in [0.4, 0.5) is 0 Å². The van der Waals surface area contributed by atoms with Gasteiger partial charge in [0.1, 0.15) is 0 Å². The fourth-order valence-corrected chi connectivity index (χ4v) is 2.54. The smallest absolute Gasteiger partial charge is 0.310 e. The van der Waals surface area contributed by atoms with E-state index < -0.39 is 5.97 Å². The van der Waals surface area contributed by atoms with E-state index in [1.807, 2.05) is 19.1 Å². The van der Waals surface area contributed by atoms with Gasteiger partial charge in [0.2, 0.25) is 0 Å². The third-order valence-corrected chi connectivity index (χ3v) is 3.99. The summed E-state index contributed by atoms with van der Waals surface area (Å²) < 4.78 is 4.99. The average molecular weight is 366 g/mol. The van der Waals surface area contributed by atoms with Gasteiger partial charge in [-0.15, -0.1) is 0 Å². The molecule has 0 radical (unpaired) electrons. The molecule has 0 fully saturated rings. The van der Waals surface area contributed by atoms with Crippen molar-refractivity contribution >= 4 is 35.1 Å². The molecule has 0 bridgehead atoms. The summed E-state index contributed by atoms with van der Waals surface area (Å²) in [6.45, 7) is 1.49. The zero-order valence-corrected chi connectivity index (χ0v) is 14.6. The van der Waals surface area contributed by atoms with Gasteiger partial charge in [-0.25, -0.2) is 0 Å². The molecule has 2 rings (SSSR count). The standard InChI is InChI=1S/C18H17Cl2NO3/c1-12(13-6-4-7-15(19)9-13)21-17(22)11-24-18(23)10-14-5-2-3-8-16(14)20/h2-9,12H,10-11H2,1H3,(H,21,22)/t12-/m0/s1. The van der Waals surface area contributed by atoms with E-state index in [0.717, 1.165) is 5.56 Å². The van der Waals surface area contributed by atoms with Gasteiger partial charge < -0.3 is 10.1 Å². The summed E-state index contributed by atoms with van der Waals surface area (Å²) >= 11 is 11.9. The molecule has 24 heavy (non-hydrogen) atoms. The number of esters is 1. The van der Waals surface area contributed by atoms with Crippen LogP contribution in [-0.2, 0) is 20.7 Å². The lowest BCUT2D eigenvalue weighted by Gasteiger charge is -2.14. The molecule has 0 aliphatic rings. The first-order valence-corrected chi connectivity index (χ1v) is 8.15. The Morgan fingerprint density at radius 2 is 1.88 bits per heavy atom. The largest absolute Gasteiger partial charge is 0.455 e. The molecule has 2 aromatic rings. The van der Waals surface area contributed by atoms with Gasteiger partial charge in [-0.2, -0.15) is 0 Å². The van der Waals surface area contributed by atoms with Crippen LogP contribution >= 0.6 is 23.2 Å². The maximum atomic E-state index is 11.9. The molecule has 0 spiro atoms. The van der Waals surface area contributed by atoms with Crippen LogP contribution in [0.3, 0.4) is 0 Å². The van der Waals surface area contributed by atoms with Gasteiger partial charge in [-0.1, -0.05) is 53.5 Å². The topological polar surface area (TPSA) is 55.4 Å². The van der Waals surface area contributed by atoms with Crippen molar-refractivity contribution < 1.29 is 14.3 Å². The molecule has 1 atom stereocenters. The van der Waals surface area contributed by atoms with Crippen molar-refractivity contribution in [2.75, 3.05) is 6.61 Å². The van der Waals surface area contributed by atoms with Crippen molar-refractivity contribution in [3.8, 4) is 0 Å². The molecule has 2 aromatic carbocycles. The Morgan fingerprint density at radius 3 is 2.58 bits per heavy atom. The number of halogens is 2. The van der Waals surface area contributed by atoms with Crippen molar-refractivity contribution in [2.24, 2.45) is 0 Å². The Hall–Kier alpha value is -2.04. The van der Waals surface area contributed by atoms with Crippen LogP contribution in [0.2, 0.25) is 10.0 Å². The van der Waals surface area contributed by atoms with E-state index in [4.69, 9.17) is 27.9 Å². The second-order valence-corrected chi connectivity index (χ2v) is 6.12. The normalized spacial score (nSPS) is 11.6. The number of ether oxygens (including phenoxy) is 1. The summed E-state index contributed by atoms with van der Waals surface area (Å²) in [5.74, 6) is -0.886. The van der Waals surface area contributed by atoms with Crippen molar-refractivity contribution in [1.29, 1.82) is 0 Å². The van der Waals surface area contributed by atoms with Gasteiger partial charge in [-0.05, 0) is 36.2 Å². The van der Waals surface area contributed by atoms with Gasteiger partial charge in [0, 0.05) is 10.0 Å². The molecular weight excluding hydrogens is 349 g/mol. The molecule has 4 nitrogen and oxygen atoms in total. The second-order valence-electron chi connectivity index (χ2n) is 5.27. The number of benzene rings is 2. The highest BCUT2D eigenvalue weighted by molar-refractivity contribution is 6.31. The number of carbonyl (C=O) groups is 2. The molecule has 0 aromatic heterocycles. The maximum Gasteiger partial charge on any atom is 0.310 e. The molecule has 0 unspecified atom stereocenters. The van der Waals surface area contributed by atoms with Crippen molar-refractivity contribution in [1.82, 2.24) is 5.32 Å². The Morgan fingerprint density at radius 1 is 1.12 bits per heavy atom. The van der Waals surface area contributed by atoms with E-state index in [0.29, 0.717) is 15.6 Å². The first-order valence-electron chi connectivity index (χ1n) is 7.39. The summed E-state index contributed by atoms with van der Waals surface area (Å²) in [6, 6.07) is 14.0. The fraction of sp³-hybridized carbons (Fsp3) is 0.222. The molecule has 0 heterocycles. The van der Waals surface area contributed by atoms with Crippen LogP contribution in [-0.4, -0.2) is 18.5 Å². The van der Waals surface area contributed by atoms with Gasteiger partial charge in [0.05, 0.1) is 12.5 Å². The van der Waals surface area contributed by atoms with Crippen LogP contribution < -0.4 is 5.32 Å². The molecule has 126 valence electrons. The monoisotopic (exact) mass is 365 g/mol. The third kappa shape index (κ3) is 5.55. The van der Waals surface area contributed by atoms with Crippen LogP contribution in [0, 0.1) is 0 Å². The first-order chi connectivity index (χ1) is 11.5. The SMILES string of the molecule is C[C@H](NC(=O)COC(=O)Cc1ccccc1Cl)c1cccc(Cl)c1. The Kier molecular flexibility index (Phi) is 6.64. The van der Waals surface area contributed by atoms with Crippen LogP contribution in [0.25, 0.3) is 0 Å². The van der Waals surface area contributed by atoms with Gasteiger partial charge in [0.25, 0.3) is 5.91 Å². The van der Waals surface area contributed by atoms with Crippen molar-refractivity contribution in [3.05, 3.63) is 69.7 Å². The summed E-state index contributed by atoms with van der Waals surface area (Å²) in [4.78, 5) is 23.7. The Bertz CT molecular complexity index is 734. The molecule has 0 saturated carbocycles. The number of nitrogens with one attached hydrogen (secondary N) is 1. The van der Waals surface area contributed by atoms with E-state index in [-0.39, 0.29) is 25.0 Å². The molecule has 0 aliphatic heterocycles. The van der Waals surface area contributed by atoms with Crippen molar-refractivity contribution in [3.63, 3.8) is 0 Å². The van der Waals surface area contributed by atoms with Gasteiger partial charge >= 0.3 is 5.97 Å². The summed E-state index contributed by atoms with van der Waals surface area (Å²) in [5.41, 5.74) is 1.54. The highest BCUT2D eigenvalue weighted by Crippen LogP contribution is 2.17. The number of hydrogen-bond donors (Lipinski definition) is 1. The highest BCUT2D eigenvalue weighted by atomic mass is 35.5. The molecule has 6 heteroatoms. The van der Waals surface area contributed by atoms with Crippen LogP contribution in [0.5, 0.6) is 0 Å². The minimum absolute atomic E-state index is 0.0246. The Labute approximate surface area is 150 Å².